The molecule has 0 N–H and O–H groups in total. The molecule has 0 radical (unpaired) electrons. The van der Waals surface area contributed by atoms with Gasteiger partial charge in [-0.1, -0.05) is 0 Å². The first-order valence-electron chi connectivity index (χ1n) is 5.89. The van der Waals surface area contributed by atoms with Gasteiger partial charge in [0.1, 0.15) is 5.82 Å². The van der Waals surface area contributed by atoms with Crippen molar-refractivity contribution in [2.45, 2.75) is 12.3 Å². The lowest BCUT2D eigenvalue weighted by atomic mass is 10.2. The molecular formula is C12H15F3N2O2. The van der Waals surface area contributed by atoms with Gasteiger partial charge in [0.2, 0.25) is 0 Å². The Balaban J connectivity index is 2.12. The van der Waals surface area contributed by atoms with Crippen molar-refractivity contribution < 1.29 is 22.6 Å². The number of ether oxygens (including phenoxy) is 2. The summed E-state index contributed by atoms with van der Waals surface area (Å²) in [6, 6.07) is 2.41. The van der Waals surface area contributed by atoms with Gasteiger partial charge >= 0.3 is 6.18 Å². The number of alkyl halides is 3. The van der Waals surface area contributed by atoms with Crippen LogP contribution in [0.15, 0.2) is 18.3 Å². The van der Waals surface area contributed by atoms with E-state index in [0.717, 1.165) is 12.3 Å². The van der Waals surface area contributed by atoms with Crippen LogP contribution in [0.4, 0.5) is 19.0 Å². The molecule has 1 aliphatic rings. The van der Waals surface area contributed by atoms with E-state index in [9.17, 15) is 13.2 Å². The number of hydrogen-bond acceptors (Lipinski definition) is 4. The van der Waals surface area contributed by atoms with Gasteiger partial charge in [-0.05, 0) is 12.1 Å². The highest BCUT2D eigenvalue weighted by atomic mass is 19.4. The number of hydrogen-bond donors (Lipinski definition) is 0. The third-order valence-corrected chi connectivity index (χ3v) is 2.97. The van der Waals surface area contributed by atoms with Crippen molar-refractivity contribution in [2.75, 3.05) is 38.3 Å². The second-order valence-electron chi connectivity index (χ2n) is 4.28. The SMILES string of the molecule is CO[C@H]1COCCN(c2ccc(C(F)(F)F)cn2)C1. The van der Waals surface area contributed by atoms with Crippen molar-refractivity contribution in [3.63, 3.8) is 0 Å². The predicted molar refractivity (Wildman–Crippen MR) is 63.1 cm³/mol. The van der Waals surface area contributed by atoms with E-state index in [1.165, 1.54) is 6.07 Å². The minimum absolute atomic E-state index is 0.105. The summed E-state index contributed by atoms with van der Waals surface area (Å²) in [7, 11) is 1.58. The molecule has 1 atom stereocenters. The number of nitrogens with zero attached hydrogens (tertiary/aromatic N) is 2. The third-order valence-electron chi connectivity index (χ3n) is 2.97. The van der Waals surface area contributed by atoms with Crippen molar-refractivity contribution in [1.29, 1.82) is 0 Å². The van der Waals surface area contributed by atoms with Crippen LogP contribution in [0.1, 0.15) is 5.56 Å². The van der Waals surface area contributed by atoms with Crippen LogP contribution in [0.5, 0.6) is 0 Å². The maximum absolute atomic E-state index is 12.4. The summed E-state index contributed by atoms with van der Waals surface area (Å²) in [5, 5.41) is 0. The number of anilines is 1. The van der Waals surface area contributed by atoms with Gasteiger partial charge in [-0.25, -0.2) is 4.98 Å². The number of halogens is 3. The molecule has 0 aliphatic carbocycles. The van der Waals surface area contributed by atoms with E-state index < -0.39 is 11.7 Å². The Labute approximate surface area is 109 Å². The lowest BCUT2D eigenvalue weighted by Gasteiger charge is -2.24. The second kappa shape index (κ2) is 5.75. The Morgan fingerprint density at radius 1 is 1.42 bits per heavy atom. The van der Waals surface area contributed by atoms with Crippen LogP contribution >= 0.6 is 0 Å². The highest BCUT2D eigenvalue weighted by Crippen LogP contribution is 2.29. The summed E-state index contributed by atoms with van der Waals surface area (Å²) in [4.78, 5) is 5.74. The maximum Gasteiger partial charge on any atom is 0.417 e. The van der Waals surface area contributed by atoms with Gasteiger partial charge in [-0.3, -0.25) is 0 Å². The van der Waals surface area contributed by atoms with Crippen LogP contribution in [-0.2, 0) is 15.7 Å². The molecule has 0 saturated carbocycles. The molecule has 0 amide bonds. The largest absolute Gasteiger partial charge is 0.417 e. The summed E-state index contributed by atoms with van der Waals surface area (Å²) in [6.45, 7) is 2.11. The molecule has 0 unspecified atom stereocenters. The average molecular weight is 276 g/mol. The molecule has 19 heavy (non-hydrogen) atoms. The number of rotatable bonds is 2. The smallest absolute Gasteiger partial charge is 0.377 e. The fourth-order valence-corrected chi connectivity index (χ4v) is 1.87. The van der Waals surface area contributed by atoms with Crippen LogP contribution < -0.4 is 4.90 Å². The Hall–Kier alpha value is -1.34. The Morgan fingerprint density at radius 2 is 2.21 bits per heavy atom. The van der Waals surface area contributed by atoms with Crippen LogP contribution in [0.25, 0.3) is 0 Å². The van der Waals surface area contributed by atoms with Crippen LogP contribution in [0, 0.1) is 0 Å². The molecule has 1 aromatic heterocycles. The molecule has 7 heteroatoms. The highest BCUT2D eigenvalue weighted by molar-refractivity contribution is 5.40. The molecule has 1 saturated heterocycles. The molecule has 2 rings (SSSR count). The van der Waals surface area contributed by atoms with Gasteiger partial charge in [-0.15, -0.1) is 0 Å². The predicted octanol–water partition coefficient (Wildman–Crippen LogP) is 1.95. The molecule has 0 aromatic carbocycles. The zero-order chi connectivity index (χ0) is 13.9. The molecule has 0 spiro atoms. The van der Waals surface area contributed by atoms with Gasteiger partial charge in [0.05, 0.1) is 24.9 Å². The van der Waals surface area contributed by atoms with Crippen molar-refractivity contribution in [3.05, 3.63) is 23.9 Å². The molecule has 1 fully saturated rings. The summed E-state index contributed by atoms with van der Waals surface area (Å²) in [5.74, 6) is 0.501. The van der Waals surface area contributed by atoms with Crippen LogP contribution in [0.3, 0.4) is 0 Å². The van der Waals surface area contributed by atoms with Gasteiger partial charge < -0.3 is 14.4 Å². The Morgan fingerprint density at radius 3 is 2.79 bits per heavy atom. The van der Waals surface area contributed by atoms with Gasteiger partial charge in [-0.2, -0.15) is 13.2 Å². The van der Waals surface area contributed by atoms with E-state index in [1.807, 2.05) is 4.90 Å². The normalized spacial score (nSPS) is 21.3. The topological polar surface area (TPSA) is 34.6 Å². The second-order valence-corrected chi connectivity index (χ2v) is 4.28. The minimum Gasteiger partial charge on any atom is -0.377 e. The lowest BCUT2D eigenvalue weighted by Crippen LogP contribution is -2.34. The van der Waals surface area contributed by atoms with E-state index >= 15 is 0 Å². The number of aromatic nitrogens is 1. The van der Waals surface area contributed by atoms with Crippen LogP contribution in [0.2, 0.25) is 0 Å². The molecule has 4 nitrogen and oxygen atoms in total. The quantitative estimate of drug-likeness (QED) is 0.827. The fraction of sp³-hybridized carbons (Fsp3) is 0.583. The summed E-state index contributed by atoms with van der Waals surface area (Å²) >= 11 is 0. The van der Waals surface area contributed by atoms with E-state index in [1.54, 1.807) is 7.11 Å². The molecule has 1 aliphatic heterocycles. The van der Waals surface area contributed by atoms with E-state index in [-0.39, 0.29) is 6.10 Å². The Kier molecular flexibility index (Phi) is 4.26. The first-order valence-corrected chi connectivity index (χ1v) is 5.89. The molecule has 2 heterocycles. The molecule has 1 aromatic rings. The fourth-order valence-electron chi connectivity index (χ4n) is 1.87. The first-order chi connectivity index (χ1) is 9.00. The van der Waals surface area contributed by atoms with Gasteiger partial charge in [0.25, 0.3) is 0 Å². The monoisotopic (exact) mass is 276 g/mol. The standard InChI is InChI=1S/C12H15F3N2O2/c1-18-10-7-17(4-5-19-8-10)11-3-2-9(6-16-11)12(13,14)15/h2-3,6,10H,4-5,7-8H2,1H3/t10-/m1/s1. The average Bonchev–Trinajstić information content (AvgIpc) is 2.63. The number of methoxy groups -OCH3 is 1. The zero-order valence-electron chi connectivity index (χ0n) is 10.5. The summed E-state index contributed by atoms with van der Waals surface area (Å²) in [5.41, 5.74) is -0.745. The Bertz CT molecular complexity index is 408. The van der Waals surface area contributed by atoms with E-state index in [0.29, 0.717) is 32.1 Å². The van der Waals surface area contributed by atoms with Crippen molar-refractivity contribution >= 4 is 5.82 Å². The highest BCUT2D eigenvalue weighted by Gasteiger charge is 2.31. The van der Waals surface area contributed by atoms with E-state index in [4.69, 9.17) is 9.47 Å². The molecule has 106 valence electrons. The van der Waals surface area contributed by atoms with Crippen molar-refractivity contribution in [1.82, 2.24) is 4.98 Å². The maximum atomic E-state index is 12.4. The van der Waals surface area contributed by atoms with Crippen molar-refractivity contribution in [2.24, 2.45) is 0 Å². The number of pyridine rings is 1. The first kappa shape index (κ1) is 14.1. The zero-order valence-corrected chi connectivity index (χ0v) is 10.5. The minimum atomic E-state index is -4.36. The molecular weight excluding hydrogens is 261 g/mol. The van der Waals surface area contributed by atoms with Crippen molar-refractivity contribution in [3.8, 4) is 0 Å². The van der Waals surface area contributed by atoms with Crippen LogP contribution in [-0.4, -0.2) is 44.5 Å². The summed E-state index contributed by atoms with van der Waals surface area (Å²) in [6.07, 6.45) is -3.61. The van der Waals surface area contributed by atoms with Gasteiger partial charge in [0, 0.05) is 26.4 Å². The lowest BCUT2D eigenvalue weighted by molar-refractivity contribution is -0.137. The van der Waals surface area contributed by atoms with E-state index in [2.05, 4.69) is 4.98 Å². The molecule has 0 bridgehead atoms. The third kappa shape index (κ3) is 3.57. The summed E-state index contributed by atoms with van der Waals surface area (Å²) < 4.78 is 47.9. The van der Waals surface area contributed by atoms with Gasteiger partial charge in [0.15, 0.2) is 0 Å².